The van der Waals surface area contributed by atoms with Crippen molar-refractivity contribution < 1.29 is 19.1 Å². The van der Waals surface area contributed by atoms with Gasteiger partial charge < -0.3 is 14.8 Å². The quantitative estimate of drug-likeness (QED) is 0.522. The third-order valence-corrected chi connectivity index (χ3v) is 3.58. The number of hydrogen-bond acceptors (Lipinski definition) is 5. The topological polar surface area (TPSA) is 89.0 Å². The molecule has 0 aliphatic heterocycles. The van der Waals surface area contributed by atoms with Crippen LogP contribution < -0.4 is 20.2 Å². The lowest BCUT2D eigenvalue weighted by Crippen LogP contribution is -2.35. The molecule has 0 heterocycles. The van der Waals surface area contributed by atoms with E-state index in [-0.39, 0.29) is 18.9 Å². The average molecular weight is 369 g/mol. The number of carbonyl (C=O) groups excluding carboxylic acids is 2. The second-order valence-corrected chi connectivity index (χ2v) is 5.57. The maximum absolute atomic E-state index is 11.9. The maximum atomic E-state index is 11.9. The van der Waals surface area contributed by atoms with Crippen LogP contribution in [0.1, 0.15) is 18.1 Å². The van der Waals surface area contributed by atoms with Gasteiger partial charge in [0.05, 0.1) is 32.9 Å². The summed E-state index contributed by atoms with van der Waals surface area (Å²) in [6.45, 7) is 2.28. The Morgan fingerprint density at radius 1 is 1.07 bits per heavy atom. The molecule has 27 heavy (non-hydrogen) atoms. The summed E-state index contributed by atoms with van der Waals surface area (Å²) < 4.78 is 10.5. The van der Waals surface area contributed by atoms with Gasteiger partial charge in [0, 0.05) is 5.56 Å². The molecule has 0 saturated carbocycles. The molecule has 2 N–H and O–H groups in total. The molecule has 0 spiro atoms. The zero-order valence-electron chi connectivity index (χ0n) is 15.4. The number of nitrogens with one attached hydrogen (secondary N) is 2. The highest BCUT2D eigenvalue weighted by Gasteiger charge is 2.06. The fraction of sp³-hybridized carbons (Fsp3) is 0.250. The van der Waals surface area contributed by atoms with E-state index in [9.17, 15) is 9.59 Å². The van der Waals surface area contributed by atoms with Crippen molar-refractivity contribution in [3.8, 4) is 11.5 Å². The molecule has 7 heteroatoms. The Morgan fingerprint density at radius 2 is 1.81 bits per heavy atom. The second kappa shape index (κ2) is 10.6. The molecule has 0 saturated heterocycles. The van der Waals surface area contributed by atoms with E-state index in [1.807, 2.05) is 31.2 Å². The summed E-state index contributed by atoms with van der Waals surface area (Å²) in [4.78, 5) is 23.7. The molecule has 0 aliphatic carbocycles. The van der Waals surface area contributed by atoms with Crippen LogP contribution in [0, 0.1) is 0 Å². The van der Waals surface area contributed by atoms with Gasteiger partial charge in [-0.2, -0.15) is 5.10 Å². The number of ether oxygens (including phenoxy) is 2. The van der Waals surface area contributed by atoms with Crippen LogP contribution in [0.4, 0.5) is 0 Å². The van der Waals surface area contributed by atoms with E-state index < -0.39 is 5.91 Å². The number of amides is 2. The molecular weight excluding hydrogens is 346 g/mol. The van der Waals surface area contributed by atoms with Crippen LogP contribution in [0.5, 0.6) is 11.5 Å². The van der Waals surface area contributed by atoms with Crippen LogP contribution in [-0.4, -0.2) is 38.3 Å². The predicted octanol–water partition coefficient (Wildman–Crippen LogP) is 1.90. The Morgan fingerprint density at radius 3 is 2.52 bits per heavy atom. The molecule has 0 fully saturated rings. The number of benzene rings is 2. The number of hydrogen-bond donors (Lipinski definition) is 2. The highest BCUT2D eigenvalue weighted by atomic mass is 16.5. The maximum Gasteiger partial charge on any atom is 0.259 e. The van der Waals surface area contributed by atoms with Gasteiger partial charge in [-0.25, -0.2) is 5.43 Å². The van der Waals surface area contributed by atoms with Crippen molar-refractivity contribution in [3.63, 3.8) is 0 Å². The average Bonchev–Trinajstić information content (AvgIpc) is 2.68. The number of hydrazone groups is 1. The van der Waals surface area contributed by atoms with Crippen LogP contribution in [0.15, 0.2) is 53.6 Å². The van der Waals surface area contributed by atoms with Crippen molar-refractivity contribution in [1.82, 2.24) is 10.7 Å². The number of rotatable bonds is 9. The molecule has 2 aromatic rings. The van der Waals surface area contributed by atoms with E-state index in [4.69, 9.17) is 9.47 Å². The summed E-state index contributed by atoms with van der Waals surface area (Å²) >= 11 is 0. The zero-order valence-corrected chi connectivity index (χ0v) is 15.4. The standard InChI is InChI=1S/C20H23N3O4/c1-3-27-18-7-5-4-6-16(18)13-22-23-20(25)14-21-19(24)12-15-8-10-17(26-2)11-9-15/h4-11,13H,3,12,14H2,1-2H3,(H,21,24)(H,23,25)/b22-13-. The van der Waals surface area contributed by atoms with E-state index in [0.29, 0.717) is 12.4 Å². The highest BCUT2D eigenvalue weighted by molar-refractivity contribution is 5.87. The van der Waals surface area contributed by atoms with Crippen molar-refractivity contribution in [1.29, 1.82) is 0 Å². The van der Waals surface area contributed by atoms with Gasteiger partial charge >= 0.3 is 0 Å². The van der Waals surface area contributed by atoms with E-state index in [1.54, 1.807) is 31.4 Å². The third kappa shape index (κ3) is 6.81. The van der Waals surface area contributed by atoms with Gasteiger partial charge in [-0.15, -0.1) is 0 Å². The Balaban J connectivity index is 1.76. The molecule has 0 radical (unpaired) electrons. The van der Waals surface area contributed by atoms with Crippen molar-refractivity contribution >= 4 is 18.0 Å². The minimum atomic E-state index is -0.414. The molecule has 0 unspecified atom stereocenters. The monoisotopic (exact) mass is 369 g/mol. The number of nitrogens with zero attached hydrogens (tertiary/aromatic N) is 1. The van der Waals surface area contributed by atoms with Crippen molar-refractivity contribution in [2.45, 2.75) is 13.3 Å². The van der Waals surface area contributed by atoms with E-state index in [1.165, 1.54) is 6.21 Å². The Kier molecular flexibility index (Phi) is 7.84. The largest absolute Gasteiger partial charge is 0.497 e. The summed E-state index contributed by atoms with van der Waals surface area (Å²) in [5.41, 5.74) is 3.96. The van der Waals surface area contributed by atoms with E-state index in [2.05, 4.69) is 15.8 Å². The van der Waals surface area contributed by atoms with Crippen LogP contribution in [0.2, 0.25) is 0 Å². The molecule has 142 valence electrons. The van der Waals surface area contributed by atoms with Crippen LogP contribution in [0.3, 0.4) is 0 Å². The molecule has 2 rings (SSSR count). The lowest BCUT2D eigenvalue weighted by atomic mass is 10.1. The summed E-state index contributed by atoms with van der Waals surface area (Å²) in [7, 11) is 1.58. The van der Waals surface area contributed by atoms with Gasteiger partial charge in [0.15, 0.2) is 0 Å². The first kappa shape index (κ1) is 20.0. The molecule has 7 nitrogen and oxygen atoms in total. The summed E-state index contributed by atoms with van der Waals surface area (Å²) in [5, 5.41) is 6.45. The first-order valence-electron chi connectivity index (χ1n) is 8.55. The summed E-state index contributed by atoms with van der Waals surface area (Å²) in [6, 6.07) is 14.5. The minimum absolute atomic E-state index is 0.153. The molecular formula is C20H23N3O4. The van der Waals surface area contributed by atoms with Crippen molar-refractivity contribution in [2.75, 3.05) is 20.3 Å². The Hall–Kier alpha value is -3.35. The summed E-state index contributed by atoms with van der Waals surface area (Å²) in [6.07, 6.45) is 1.68. The fourth-order valence-electron chi connectivity index (χ4n) is 2.26. The zero-order chi connectivity index (χ0) is 19.5. The molecule has 0 bridgehead atoms. The van der Waals surface area contributed by atoms with E-state index in [0.717, 1.165) is 16.9 Å². The molecule has 0 aromatic heterocycles. The van der Waals surface area contributed by atoms with Gasteiger partial charge in [0.25, 0.3) is 5.91 Å². The lowest BCUT2D eigenvalue weighted by Gasteiger charge is -2.06. The van der Waals surface area contributed by atoms with Crippen LogP contribution in [0.25, 0.3) is 0 Å². The second-order valence-electron chi connectivity index (χ2n) is 5.57. The molecule has 2 aromatic carbocycles. The first-order valence-corrected chi connectivity index (χ1v) is 8.55. The van der Waals surface area contributed by atoms with Gasteiger partial charge in [-0.3, -0.25) is 9.59 Å². The fourth-order valence-corrected chi connectivity index (χ4v) is 2.26. The van der Waals surface area contributed by atoms with Crippen molar-refractivity contribution in [2.24, 2.45) is 5.10 Å². The number of methoxy groups -OCH3 is 1. The molecule has 0 atom stereocenters. The van der Waals surface area contributed by atoms with Gasteiger partial charge in [0.1, 0.15) is 11.5 Å². The normalized spacial score (nSPS) is 10.4. The van der Waals surface area contributed by atoms with Gasteiger partial charge in [-0.05, 0) is 36.8 Å². The third-order valence-electron chi connectivity index (χ3n) is 3.58. The predicted molar refractivity (Wildman–Crippen MR) is 103 cm³/mol. The first-order chi connectivity index (χ1) is 13.1. The number of carbonyl (C=O) groups is 2. The van der Waals surface area contributed by atoms with Crippen molar-refractivity contribution in [3.05, 3.63) is 59.7 Å². The van der Waals surface area contributed by atoms with E-state index >= 15 is 0 Å². The summed E-state index contributed by atoms with van der Waals surface area (Å²) in [5.74, 6) is 0.748. The van der Waals surface area contributed by atoms with Crippen LogP contribution >= 0.6 is 0 Å². The molecule has 0 aliphatic rings. The Bertz CT molecular complexity index is 788. The lowest BCUT2D eigenvalue weighted by molar-refractivity contribution is -0.125. The smallest absolute Gasteiger partial charge is 0.259 e. The van der Waals surface area contributed by atoms with Gasteiger partial charge in [0.2, 0.25) is 5.91 Å². The molecule has 2 amide bonds. The van der Waals surface area contributed by atoms with Gasteiger partial charge in [-0.1, -0.05) is 24.3 Å². The SMILES string of the molecule is CCOc1ccccc1/C=N\NC(=O)CNC(=O)Cc1ccc(OC)cc1. The minimum Gasteiger partial charge on any atom is -0.497 e. The van der Waals surface area contributed by atoms with Crippen LogP contribution in [-0.2, 0) is 16.0 Å². The Labute approximate surface area is 158 Å². The number of para-hydroxylation sites is 1. The highest BCUT2D eigenvalue weighted by Crippen LogP contribution is 2.15.